The summed E-state index contributed by atoms with van der Waals surface area (Å²) in [4.78, 5) is 13.2. The molecule has 146 valence electrons. The molecule has 0 saturated heterocycles. The van der Waals surface area contributed by atoms with Crippen molar-refractivity contribution in [2.24, 2.45) is 0 Å². The number of nitrogens with one attached hydrogen (secondary N) is 1. The fourth-order valence-electron chi connectivity index (χ4n) is 3.70. The molecule has 4 rings (SSSR count). The Morgan fingerprint density at radius 1 is 0.862 bits per heavy atom. The van der Waals surface area contributed by atoms with Gasteiger partial charge in [0.1, 0.15) is 17.6 Å². The van der Waals surface area contributed by atoms with E-state index in [4.69, 9.17) is 9.15 Å². The average Bonchev–Trinajstić information content (AvgIpc) is 2.67. The quantitative estimate of drug-likeness (QED) is 0.459. The lowest BCUT2D eigenvalue weighted by atomic mass is 10.0. The minimum absolute atomic E-state index is 0.0353. The molecule has 0 atom stereocenters. The number of methoxy groups -OCH3 is 1. The molecule has 0 saturated carbocycles. The highest BCUT2D eigenvalue weighted by molar-refractivity contribution is 5.88. The van der Waals surface area contributed by atoms with Crippen molar-refractivity contribution in [3.63, 3.8) is 0 Å². The zero-order chi connectivity index (χ0) is 20.5. The standard InChI is InChI=1S/C25H23NO3/c1-15-9-16(2)11-19(10-15)26-20-12-17(3)24-23(13-20)29-14-22(25(24)27)18-5-7-21(28-4)8-6-18/h5-14,26H,1-4H3. The van der Waals surface area contributed by atoms with Crippen molar-refractivity contribution in [1.82, 2.24) is 0 Å². The van der Waals surface area contributed by atoms with Crippen LogP contribution in [0.1, 0.15) is 16.7 Å². The zero-order valence-corrected chi connectivity index (χ0v) is 17.0. The van der Waals surface area contributed by atoms with Crippen LogP contribution in [0.15, 0.2) is 70.1 Å². The van der Waals surface area contributed by atoms with Crippen LogP contribution in [0.4, 0.5) is 11.4 Å². The number of rotatable bonds is 4. The summed E-state index contributed by atoms with van der Waals surface area (Å²) in [6.07, 6.45) is 1.53. The van der Waals surface area contributed by atoms with Gasteiger partial charge in [0.15, 0.2) is 0 Å². The summed E-state index contributed by atoms with van der Waals surface area (Å²) in [6, 6.07) is 17.6. The van der Waals surface area contributed by atoms with Crippen LogP contribution in [0.25, 0.3) is 22.1 Å². The first-order valence-corrected chi connectivity index (χ1v) is 9.50. The summed E-state index contributed by atoms with van der Waals surface area (Å²) in [5, 5.41) is 4.02. The van der Waals surface area contributed by atoms with Crippen LogP contribution in [-0.2, 0) is 0 Å². The van der Waals surface area contributed by atoms with E-state index in [0.717, 1.165) is 28.3 Å². The van der Waals surface area contributed by atoms with Crippen molar-refractivity contribution in [2.45, 2.75) is 20.8 Å². The molecule has 0 unspecified atom stereocenters. The second kappa shape index (κ2) is 7.47. The maximum atomic E-state index is 13.2. The molecule has 0 aliphatic carbocycles. The first kappa shape index (κ1) is 18.8. The third-order valence-electron chi connectivity index (χ3n) is 4.99. The number of aryl methyl sites for hydroxylation is 3. The SMILES string of the molecule is COc1ccc(-c2coc3cc(Nc4cc(C)cc(C)c4)cc(C)c3c2=O)cc1. The maximum absolute atomic E-state index is 13.2. The van der Waals surface area contributed by atoms with Crippen LogP contribution < -0.4 is 15.5 Å². The van der Waals surface area contributed by atoms with Crippen molar-refractivity contribution >= 4 is 22.3 Å². The molecule has 1 heterocycles. The van der Waals surface area contributed by atoms with E-state index in [1.165, 1.54) is 17.4 Å². The first-order valence-electron chi connectivity index (χ1n) is 9.50. The van der Waals surface area contributed by atoms with E-state index in [0.29, 0.717) is 16.5 Å². The van der Waals surface area contributed by atoms with Crippen LogP contribution in [0.5, 0.6) is 5.75 Å². The predicted octanol–water partition coefficient (Wildman–Crippen LogP) is 6.14. The highest BCUT2D eigenvalue weighted by Crippen LogP contribution is 2.28. The summed E-state index contributed by atoms with van der Waals surface area (Å²) >= 11 is 0. The summed E-state index contributed by atoms with van der Waals surface area (Å²) in [5.74, 6) is 0.747. The molecular weight excluding hydrogens is 362 g/mol. The third kappa shape index (κ3) is 3.74. The van der Waals surface area contributed by atoms with E-state index >= 15 is 0 Å². The molecule has 0 aliphatic rings. The Hall–Kier alpha value is -3.53. The van der Waals surface area contributed by atoms with Gasteiger partial charge in [-0.05, 0) is 73.4 Å². The molecule has 0 amide bonds. The van der Waals surface area contributed by atoms with Gasteiger partial charge in [0.05, 0.1) is 18.1 Å². The number of anilines is 2. The van der Waals surface area contributed by atoms with Crippen LogP contribution in [0, 0.1) is 20.8 Å². The average molecular weight is 385 g/mol. The zero-order valence-electron chi connectivity index (χ0n) is 17.0. The van der Waals surface area contributed by atoms with Gasteiger partial charge in [0.2, 0.25) is 5.43 Å². The van der Waals surface area contributed by atoms with Crippen molar-refractivity contribution < 1.29 is 9.15 Å². The number of fused-ring (bicyclic) bond motifs is 1. The van der Waals surface area contributed by atoms with Crippen molar-refractivity contribution in [2.75, 3.05) is 12.4 Å². The lowest BCUT2D eigenvalue weighted by Crippen LogP contribution is -2.07. The van der Waals surface area contributed by atoms with Crippen LogP contribution in [0.2, 0.25) is 0 Å². The van der Waals surface area contributed by atoms with E-state index in [-0.39, 0.29) is 5.43 Å². The van der Waals surface area contributed by atoms with E-state index < -0.39 is 0 Å². The van der Waals surface area contributed by atoms with Crippen LogP contribution >= 0.6 is 0 Å². The van der Waals surface area contributed by atoms with Gasteiger partial charge in [-0.1, -0.05) is 18.2 Å². The fourth-order valence-corrected chi connectivity index (χ4v) is 3.70. The molecular formula is C25H23NO3. The van der Waals surface area contributed by atoms with E-state index in [1.807, 2.05) is 43.3 Å². The van der Waals surface area contributed by atoms with Gasteiger partial charge in [0, 0.05) is 17.4 Å². The summed E-state index contributed by atoms with van der Waals surface area (Å²) in [6.45, 7) is 6.08. The molecule has 29 heavy (non-hydrogen) atoms. The van der Waals surface area contributed by atoms with Gasteiger partial charge >= 0.3 is 0 Å². The van der Waals surface area contributed by atoms with Crippen molar-refractivity contribution in [3.8, 4) is 16.9 Å². The fraction of sp³-hybridized carbons (Fsp3) is 0.160. The molecule has 0 spiro atoms. The molecule has 0 aliphatic heterocycles. The number of hydrogen-bond donors (Lipinski definition) is 1. The Balaban J connectivity index is 1.76. The normalized spacial score (nSPS) is 10.9. The Bertz CT molecular complexity index is 1230. The van der Waals surface area contributed by atoms with Crippen molar-refractivity contribution in [3.05, 3.63) is 87.8 Å². The van der Waals surface area contributed by atoms with Gasteiger partial charge in [-0.25, -0.2) is 0 Å². The maximum Gasteiger partial charge on any atom is 0.200 e. The smallest absolute Gasteiger partial charge is 0.200 e. The van der Waals surface area contributed by atoms with Crippen LogP contribution in [0.3, 0.4) is 0 Å². The third-order valence-corrected chi connectivity index (χ3v) is 4.99. The van der Waals surface area contributed by atoms with E-state index in [1.54, 1.807) is 7.11 Å². The molecule has 4 heteroatoms. The monoisotopic (exact) mass is 385 g/mol. The van der Waals surface area contributed by atoms with Gasteiger partial charge in [-0.15, -0.1) is 0 Å². The summed E-state index contributed by atoms with van der Waals surface area (Å²) in [5.41, 5.74) is 7.04. The molecule has 0 radical (unpaired) electrons. The van der Waals surface area contributed by atoms with Gasteiger partial charge in [-0.3, -0.25) is 4.79 Å². The molecule has 4 nitrogen and oxygen atoms in total. The first-order chi connectivity index (χ1) is 13.9. The Labute approximate surface area is 169 Å². The van der Waals surface area contributed by atoms with Gasteiger partial charge in [-0.2, -0.15) is 0 Å². The summed E-state index contributed by atoms with van der Waals surface area (Å²) < 4.78 is 11.1. The Morgan fingerprint density at radius 3 is 2.17 bits per heavy atom. The lowest BCUT2D eigenvalue weighted by molar-refractivity contribution is 0.415. The van der Waals surface area contributed by atoms with Gasteiger partial charge in [0.25, 0.3) is 0 Å². The lowest BCUT2D eigenvalue weighted by Gasteiger charge is -2.12. The predicted molar refractivity (Wildman–Crippen MR) is 118 cm³/mol. The van der Waals surface area contributed by atoms with E-state index in [2.05, 4.69) is 37.4 Å². The molecule has 1 aromatic heterocycles. The number of benzene rings is 3. The highest BCUT2D eigenvalue weighted by atomic mass is 16.5. The summed E-state index contributed by atoms with van der Waals surface area (Å²) in [7, 11) is 1.62. The highest BCUT2D eigenvalue weighted by Gasteiger charge is 2.13. The Morgan fingerprint density at radius 2 is 1.52 bits per heavy atom. The second-order valence-corrected chi connectivity index (χ2v) is 7.37. The largest absolute Gasteiger partial charge is 0.497 e. The van der Waals surface area contributed by atoms with Gasteiger partial charge < -0.3 is 14.5 Å². The second-order valence-electron chi connectivity index (χ2n) is 7.37. The number of hydrogen-bond acceptors (Lipinski definition) is 4. The van der Waals surface area contributed by atoms with Crippen LogP contribution in [-0.4, -0.2) is 7.11 Å². The molecule has 1 N–H and O–H groups in total. The molecule has 0 fully saturated rings. The minimum atomic E-state index is -0.0353. The Kier molecular flexibility index (Phi) is 4.85. The number of ether oxygens (including phenoxy) is 1. The molecule has 3 aromatic carbocycles. The minimum Gasteiger partial charge on any atom is -0.497 e. The topological polar surface area (TPSA) is 51.5 Å². The molecule has 0 bridgehead atoms. The molecule has 4 aromatic rings. The van der Waals surface area contributed by atoms with Crippen molar-refractivity contribution in [1.29, 1.82) is 0 Å². The van der Waals surface area contributed by atoms with E-state index in [9.17, 15) is 4.79 Å².